The lowest BCUT2D eigenvalue weighted by atomic mass is 9.95. The summed E-state index contributed by atoms with van der Waals surface area (Å²) in [6.07, 6.45) is 3.60. The molecule has 0 spiro atoms. The van der Waals surface area contributed by atoms with E-state index in [1.165, 1.54) is 33.7 Å². The number of piperidine rings is 1. The topological polar surface area (TPSA) is 105 Å². The van der Waals surface area contributed by atoms with Crippen molar-refractivity contribution in [2.45, 2.75) is 31.8 Å². The minimum atomic E-state index is -3.45. The zero-order chi connectivity index (χ0) is 17.3. The van der Waals surface area contributed by atoms with Gasteiger partial charge in [0.2, 0.25) is 5.91 Å². The summed E-state index contributed by atoms with van der Waals surface area (Å²) in [5, 5.41) is 10.9. The van der Waals surface area contributed by atoms with Crippen LogP contribution < -0.4 is 0 Å². The van der Waals surface area contributed by atoms with E-state index in [0.29, 0.717) is 32.6 Å². The highest BCUT2D eigenvalue weighted by Gasteiger charge is 2.41. The maximum Gasteiger partial charge on any atom is 0.281 e. The molecule has 3 fully saturated rings. The van der Waals surface area contributed by atoms with E-state index in [-0.39, 0.29) is 17.9 Å². The SMILES string of the molecule is CN(C)S(=O)(=O)N1C[C@H]2CC[C@@H](C1)N(C(=O)CCn1cnnn1)C2. The summed E-state index contributed by atoms with van der Waals surface area (Å²) < 4.78 is 29.2. The third-order valence-electron chi connectivity index (χ3n) is 4.73. The number of amides is 1. The number of nitrogens with zero attached hydrogens (tertiary/aromatic N) is 7. The molecule has 134 valence electrons. The van der Waals surface area contributed by atoms with Gasteiger partial charge in [0.15, 0.2) is 0 Å². The molecule has 0 saturated carbocycles. The van der Waals surface area contributed by atoms with Crippen LogP contribution >= 0.6 is 0 Å². The Labute approximate surface area is 141 Å². The van der Waals surface area contributed by atoms with E-state index in [1.54, 1.807) is 0 Å². The summed E-state index contributed by atoms with van der Waals surface area (Å²) in [5.41, 5.74) is 0. The van der Waals surface area contributed by atoms with Crippen LogP contribution in [-0.2, 0) is 21.5 Å². The van der Waals surface area contributed by atoms with Crippen molar-refractivity contribution in [1.82, 2.24) is 33.7 Å². The summed E-state index contributed by atoms with van der Waals surface area (Å²) in [4.78, 5) is 14.4. The van der Waals surface area contributed by atoms with Crippen molar-refractivity contribution in [3.05, 3.63) is 6.33 Å². The Bertz CT molecular complexity index is 676. The highest BCUT2D eigenvalue weighted by Crippen LogP contribution is 2.30. The highest BCUT2D eigenvalue weighted by atomic mass is 32.2. The van der Waals surface area contributed by atoms with Crippen LogP contribution in [0.15, 0.2) is 6.33 Å². The Kier molecular flexibility index (Phi) is 4.83. The van der Waals surface area contributed by atoms with Crippen LogP contribution in [0.2, 0.25) is 0 Å². The minimum absolute atomic E-state index is 0.0318. The van der Waals surface area contributed by atoms with Crippen LogP contribution in [-0.4, -0.2) is 87.8 Å². The van der Waals surface area contributed by atoms with Gasteiger partial charge in [-0.2, -0.15) is 17.0 Å². The van der Waals surface area contributed by atoms with Gasteiger partial charge in [0, 0.05) is 46.2 Å². The van der Waals surface area contributed by atoms with E-state index < -0.39 is 10.2 Å². The van der Waals surface area contributed by atoms with Crippen molar-refractivity contribution >= 4 is 16.1 Å². The van der Waals surface area contributed by atoms with Crippen LogP contribution in [0, 0.1) is 5.92 Å². The molecular formula is C13H23N7O3S. The van der Waals surface area contributed by atoms with E-state index in [2.05, 4.69) is 15.5 Å². The van der Waals surface area contributed by atoms with Gasteiger partial charge in [0.05, 0.1) is 6.54 Å². The maximum atomic E-state index is 12.6. The summed E-state index contributed by atoms with van der Waals surface area (Å²) in [6, 6.07) is -0.0557. The average Bonchev–Trinajstić information content (AvgIpc) is 2.89. The van der Waals surface area contributed by atoms with Crippen molar-refractivity contribution in [1.29, 1.82) is 0 Å². The number of tetrazole rings is 1. The number of carbonyl (C=O) groups is 1. The second kappa shape index (κ2) is 6.73. The van der Waals surface area contributed by atoms with Gasteiger partial charge in [-0.1, -0.05) is 0 Å². The van der Waals surface area contributed by atoms with Crippen LogP contribution in [0.3, 0.4) is 0 Å². The Hall–Kier alpha value is -1.59. The summed E-state index contributed by atoms with van der Waals surface area (Å²) in [5.74, 6) is 0.222. The van der Waals surface area contributed by atoms with E-state index in [4.69, 9.17) is 0 Å². The molecule has 0 aromatic carbocycles. The van der Waals surface area contributed by atoms with Crippen LogP contribution in [0.4, 0.5) is 0 Å². The maximum absolute atomic E-state index is 12.6. The Morgan fingerprint density at radius 2 is 2.04 bits per heavy atom. The average molecular weight is 357 g/mol. The molecule has 4 heterocycles. The van der Waals surface area contributed by atoms with Crippen LogP contribution in [0.5, 0.6) is 0 Å². The van der Waals surface area contributed by atoms with Gasteiger partial charge in [-0.3, -0.25) is 4.79 Å². The number of aromatic nitrogens is 4. The van der Waals surface area contributed by atoms with E-state index in [0.717, 1.165) is 12.8 Å². The first kappa shape index (κ1) is 17.2. The molecule has 0 unspecified atom stereocenters. The first-order valence-corrected chi connectivity index (χ1v) is 9.45. The van der Waals surface area contributed by atoms with Crippen molar-refractivity contribution in [3.63, 3.8) is 0 Å². The number of fused-ring (bicyclic) bond motifs is 4. The fraction of sp³-hybridized carbons (Fsp3) is 0.846. The molecule has 1 aromatic rings. The molecule has 1 aromatic heterocycles. The van der Waals surface area contributed by atoms with Crippen LogP contribution in [0.1, 0.15) is 19.3 Å². The lowest BCUT2D eigenvalue weighted by Crippen LogP contribution is -2.48. The van der Waals surface area contributed by atoms with Gasteiger partial charge in [-0.15, -0.1) is 5.10 Å². The summed E-state index contributed by atoms with van der Waals surface area (Å²) in [7, 11) is -0.370. The molecule has 3 aliphatic heterocycles. The lowest BCUT2D eigenvalue weighted by Gasteiger charge is -2.36. The molecule has 1 amide bonds. The van der Waals surface area contributed by atoms with Gasteiger partial charge in [0.1, 0.15) is 6.33 Å². The molecule has 11 heteroatoms. The highest BCUT2D eigenvalue weighted by molar-refractivity contribution is 7.86. The van der Waals surface area contributed by atoms with Crippen molar-refractivity contribution < 1.29 is 13.2 Å². The van der Waals surface area contributed by atoms with Crippen LogP contribution in [0.25, 0.3) is 0 Å². The van der Waals surface area contributed by atoms with Crippen molar-refractivity contribution in [2.24, 2.45) is 5.92 Å². The molecule has 24 heavy (non-hydrogen) atoms. The first-order valence-electron chi connectivity index (χ1n) is 8.05. The van der Waals surface area contributed by atoms with Gasteiger partial charge in [-0.25, -0.2) is 4.68 Å². The minimum Gasteiger partial charge on any atom is -0.338 e. The molecule has 0 radical (unpaired) electrons. The first-order chi connectivity index (χ1) is 11.4. The third kappa shape index (κ3) is 3.42. The lowest BCUT2D eigenvalue weighted by molar-refractivity contribution is -0.135. The van der Waals surface area contributed by atoms with Gasteiger partial charge < -0.3 is 4.90 Å². The number of hydrogen-bond donors (Lipinski definition) is 0. The number of hydrogen-bond acceptors (Lipinski definition) is 6. The second-order valence-corrected chi connectivity index (χ2v) is 8.72. The molecule has 3 aliphatic rings. The fourth-order valence-corrected chi connectivity index (χ4v) is 4.62. The van der Waals surface area contributed by atoms with E-state index >= 15 is 0 Å². The standard InChI is InChI=1S/C13H23N7O3S/c1-17(2)24(22,23)19-7-11-3-4-12(9-19)20(8-11)13(21)5-6-18-10-14-15-16-18/h10-12H,3-9H2,1-2H3/t11-,12+/m1/s1. The van der Waals surface area contributed by atoms with Gasteiger partial charge >= 0.3 is 0 Å². The summed E-state index contributed by atoms with van der Waals surface area (Å²) >= 11 is 0. The molecular weight excluding hydrogens is 334 g/mol. The number of rotatable bonds is 5. The molecule has 2 atom stereocenters. The smallest absolute Gasteiger partial charge is 0.281 e. The molecule has 4 rings (SSSR count). The van der Waals surface area contributed by atoms with Gasteiger partial charge in [-0.05, 0) is 29.2 Å². The van der Waals surface area contributed by atoms with Gasteiger partial charge in [0.25, 0.3) is 10.2 Å². The molecule has 0 N–H and O–H groups in total. The third-order valence-corrected chi connectivity index (χ3v) is 6.61. The van der Waals surface area contributed by atoms with Crippen molar-refractivity contribution in [2.75, 3.05) is 33.7 Å². The monoisotopic (exact) mass is 357 g/mol. The molecule has 2 bridgehead atoms. The molecule has 10 nitrogen and oxygen atoms in total. The molecule has 3 saturated heterocycles. The zero-order valence-corrected chi connectivity index (χ0v) is 14.8. The second-order valence-electron chi connectivity index (χ2n) is 6.57. The quantitative estimate of drug-likeness (QED) is 0.655. The number of carbonyl (C=O) groups excluding carboxylic acids is 1. The number of aryl methyl sites for hydroxylation is 1. The largest absolute Gasteiger partial charge is 0.338 e. The van der Waals surface area contributed by atoms with E-state index in [9.17, 15) is 13.2 Å². The Morgan fingerprint density at radius 3 is 2.71 bits per heavy atom. The zero-order valence-electron chi connectivity index (χ0n) is 13.9. The van der Waals surface area contributed by atoms with E-state index in [1.807, 2.05) is 4.90 Å². The predicted octanol–water partition coefficient (Wildman–Crippen LogP) is -1.21. The Morgan fingerprint density at radius 1 is 1.25 bits per heavy atom. The molecule has 0 aliphatic carbocycles. The predicted molar refractivity (Wildman–Crippen MR) is 84.8 cm³/mol. The normalized spacial score (nSPS) is 25.2. The Balaban J connectivity index is 1.68. The summed E-state index contributed by atoms with van der Waals surface area (Å²) in [6.45, 7) is 1.90. The fourth-order valence-electron chi connectivity index (χ4n) is 3.40. The van der Waals surface area contributed by atoms with Crippen molar-refractivity contribution in [3.8, 4) is 0 Å².